The molecule has 2 N–H and O–H groups in total. The zero-order valence-electron chi connectivity index (χ0n) is 13.2. The highest BCUT2D eigenvalue weighted by Crippen LogP contribution is 2.13. The number of rotatable bonds is 6. The summed E-state index contributed by atoms with van der Waals surface area (Å²) >= 11 is 0. The predicted octanol–water partition coefficient (Wildman–Crippen LogP) is 1.10. The summed E-state index contributed by atoms with van der Waals surface area (Å²) < 4.78 is 7.05. The van der Waals surface area contributed by atoms with Crippen molar-refractivity contribution >= 4 is 29.9 Å². The third kappa shape index (κ3) is 5.24. The fourth-order valence-corrected chi connectivity index (χ4v) is 2.34. The van der Waals surface area contributed by atoms with Gasteiger partial charge < -0.3 is 15.4 Å². The fourth-order valence-electron chi connectivity index (χ4n) is 2.34. The van der Waals surface area contributed by atoms with E-state index in [1.165, 1.54) is 0 Å². The van der Waals surface area contributed by atoms with Crippen LogP contribution in [-0.2, 0) is 24.3 Å². The summed E-state index contributed by atoms with van der Waals surface area (Å²) in [4.78, 5) is 8.91. The van der Waals surface area contributed by atoms with E-state index in [0.717, 1.165) is 43.5 Å². The van der Waals surface area contributed by atoms with E-state index in [1.54, 1.807) is 13.2 Å². The Morgan fingerprint density at radius 2 is 2.41 bits per heavy atom. The van der Waals surface area contributed by atoms with Crippen molar-refractivity contribution in [1.82, 2.24) is 25.4 Å². The summed E-state index contributed by atoms with van der Waals surface area (Å²) in [6.07, 6.45) is 3.71. The van der Waals surface area contributed by atoms with Crippen LogP contribution in [0, 0.1) is 0 Å². The van der Waals surface area contributed by atoms with Crippen molar-refractivity contribution in [2.75, 3.05) is 20.2 Å². The zero-order valence-corrected chi connectivity index (χ0v) is 15.5. The Labute approximate surface area is 148 Å². The molecule has 0 saturated heterocycles. The minimum absolute atomic E-state index is 0. The molecule has 22 heavy (non-hydrogen) atoms. The number of aromatic nitrogens is 3. The number of methoxy groups -OCH3 is 1. The van der Waals surface area contributed by atoms with Gasteiger partial charge in [-0.15, -0.1) is 30.6 Å². The van der Waals surface area contributed by atoms with E-state index >= 15 is 0 Å². The van der Waals surface area contributed by atoms with Crippen molar-refractivity contribution in [2.24, 2.45) is 4.99 Å². The number of hydrogen-bond donors (Lipinski definition) is 2. The van der Waals surface area contributed by atoms with E-state index in [2.05, 4.69) is 39.2 Å². The van der Waals surface area contributed by atoms with Crippen LogP contribution in [0.5, 0.6) is 0 Å². The minimum atomic E-state index is 0. The van der Waals surface area contributed by atoms with Gasteiger partial charge in [0.25, 0.3) is 0 Å². The van der Waals surface area contributed by atoms with Crippen LogP contribution in [0.3, 0.4) is 0 Å². The predicted molar refractivity (Wildman–Crippen MR) is 97.6 cm³/mol. The third-order valence-electron chi connectivity index (χ3n) is 3.24. The second-order valence-electron chi connectivity index (χ2n) is 4.95. The van der Waals surface area contributed by atoms with Gasteiger partial charge in [0.05, 0.1) is 13.1 Å². The van der Waals surface area contributed by atoms with Crippen LogP contribution in [0.1, 0.15) is 25.0 Å². The molecular formula is C14H25IN6O. The van der Waals surface area contributed by atoms with Crippen molar-refractivity contribution < 1.29 is 4.74 Å². The molecule has 8 heteroatoms. The Hall–Kier alpha value is -1.16. The first-order chi connectivity index (χ1) is 10.3. The number of guanidine groups is 1. The van der Waals surface area contributed by atoms with Gasteiger partial charge in [-0.05, 0) is 13.3 Å². The molecule has 0 spiro atoms. The van der Waals surface area contributed by atoms with Crippen molar-refractivity contribution in [3.8, 4) is 0 Å². The lowest BCUT2D eigenvalue weighted by Gasteiger charge is -2.25. The smallest absolute Gasteiger partial charge is 0.191 e. The molecule has 7 nitrogen and oxygen atoms in total. The summed E-state index contributed by atoms with van der Waals surface area (Å²) in [7, 11) is 1.66. The lowest BCUT2D eigenvalue weighted by molar-refractivity contribution is 0.177. The lowest BCUT2D eigenvalue weighted by Crippen LogP contribution is -2.47. The van der Waals surface area contributed by atoms with Gasteiger partial charge in [0.15, 0.2) is 11.8 Å². The lowest BCUT2D eigenvalue weighted by atomic mass is 10.1. The van der Waals surface area contributed by atoms with Crippen LogP contribution in [0.2, 0.25) is 0 Å². The van der Waals surface area contributed by atoms with Gasteiger partial charge in [-0.3, -0.25) is 0 Å². The molecule has 0 saturated carbocycles. The molecule has 0 aromatic carbocycles. The molecule has 1 aromatic heterocycles. The first-order valence-corrected chi connectivity index (χ1v) is 7.34. The van der Waals surface area contributed by atoms with Gasteiger partial charge in [0.1, 0.15) is 12.4 Å². The number of fused-ring (bicyclic) bond motifs is 1. The third-order valence-corrected chi connectivity index (χ3v) is 3.24. The van der Waals surface area contributed by atoms with E-state index in [-0.39, 0.29) is 24.0 Å². The number of hydrogen-bond acceptors (Lipinski definition) is 4. The first-order valence-electron chi connectivity index (χ1n) is 7.34. The molecule has 0 aliphatic carbocycles. The van der Waals surface area contributed by atoms with Crippen molar-refractivity contribution in [3.63, 3.8) is 0 Å². The highest BCUT2D eigenvalue weighted by molar-refractivity contribution is 14.0. The van der Waals surface area contributed by atoms with Crippen LogP contribution in [-0.4, -0.2) is 47.0 Å². The average molecular weight is 420 g/mol. The highest BCUT2D eigenvalue weighted by atomic mass is 127. The number of halogens is 1. The Morgan fingerprint density at radius 3 is 3.09 bits per heavy atom. The molecule has 0 fully saturated rings. The first kappa shape index (κ1) is 18.9. The van der Waals surface area contributed by atoms with Crippen LogP contribution in [0.4, 0.5) is 0 Å². The molecule has 2 heterocycles. The number of nitrogens with zero attached hydrogens (tertiary/aromatic N) is 4. The summed E-state index contributed by atoms with van der Waals surface area (Å²) in [6.45, 7) is 8.44. The fraction of sp³-hybridized carbons (Fsp3) is 0.643. The van der Waals surface area contributed by atoms with E-state index in [4.69, 9.17) is 4.74 Å². The van der Waals surface area contributed by atoms with Gasteiger partial charge >= 0.3 is 0 Å². The van der Waals surface area contributed by atoms with Crippen LogP contribution in [0.15, 0.2) is 17.6 Å². The molecule has 1 aromatic rings. The van der Waals surface area contributed by atoms with Crippen molar-refractivity contribution in [3.05, 3.63) is 24.3 Å². The molecule has 1 unspecified atom stereocenters. The van der Waals surface area contributed by atoms with Gasteiger partial charge in [-0.1, -0.05) is 6.08 Å². The Balaban J connectivity index is 0.00000242. The van der Waals surface area contributed by atoms with Crippen molar-refractivity contribution in [1.29, 1.82) is 0 Å². The van der Waals surface area contributed by atoms with E-state index in [9.17, 15) is 0 Å². The molecule has 0 radical (unpaired) electrons. The number of aryl methyl sites for hydroxylation is 1. The molecule has 124 valence electrons. The number of nitrogens with one attached hydrogen (secondary N) is 2. The van der Waals surface area contributed by atoms with Crippen LogP contribution in [0.25, 0.3) is 0 Å². The van der Waals surface area contributed by atoms with Gasteiger partial charge in [-0.2, -0.15) is 5.10 Å². The normalized spacial score (nSPS) is 17.4. The van der Waals surface area contributed by atoms with Gasteiger partial charge in [0, 0.05) is 26.1 Å². The van der Waals surface area contributed by atoms with Crippen molar-refractivity contribution in [2.45, 2.75) is 39.0 Å². The standard InChI is InChI=1S/C14H24N6O.HI/c1-4-8-16-14(15-5-2)17-11-6-7-13-18-12(10-21-3)19-20(13)9-11;/h4,11H,1,5-10H2,2-3H3,(H2,15,16,17);1H. The quantitative estimate of drug-likeness (QED) is 0.312. The number of ether oxygens (including phenoxy) is 1. The Morgan fingerprint density at radius 1 is 1.59 bits per heavy atom. The van der Waals surface area contributed by atoms with Crippen LogP contribution < -0.4 is 10.6 Å². The summed E-state index contributed by atoms with van der Waals surface area (Å²) in [5, 5.41) is 11.2. The molecule has 1 aliphatic heterocycles. The maximum Gasteiger partial charge on any atom is 0.191 e. The zero-order chi connectivity index (χ0) is 15.1. The summed E-state index contributed by atoms with van der Waals surface area (Å²) in [5.74, 6) is 2.61. The van der Waals surface area contributed by atoms with Gasteiger partial charge in [0.2, 0.25) is 0 Å². The van der Waals surface area contributed by atoms with Crippen LogP contribution >= 0.6 is 24.0 Å². The highest BCUT2D eigenvalue weighted by Gasteiger charge is 2.22. The molecule has 1 aliphatic rings. The maximum absolute atomic E-state index is 5.08. The molecular weight excluding hydrogens is 395 g/mol. The molecule has 0 bridgehead atoms. The molecule has 0 amide bonds. The second kappa shape index (κ2) is 9.78. The Bertz CT molecular complexity index is 502. The molecule has 2 rings (SSSR count). The van der Waals surface area contributed by atoms with Gasteiger partial charge in [-0.25, -0.2) is 14.7 Å². The Kier molecular flexibility index (Phi) is 8.39. The van der Waals surface area contributed by atoms with E-state index in [1.807, 2.05) is 4.68 Å². The topological polar surface area (TPSA) is 76.4 Å². The summed E-state index contributed by atoms with van der Waals surface area (Å²) in [5.41, 5.74) is 0. The number of aliphatic imine (C=N–C) groups is 1. The van der Waals surface area contributed by atoms with E-state index in [0.29, 0.717) is 19.2 Å². The largest absolute Gasteiger partial charge is 0.377 e. The minimum Gasteiger partial charge on any atom is -0.377 e. The monoisotopic (exact) mass is 420 g/mol. The average Bonchev–Trinajstić information content (AvgIpc) is 2.87. The summed E-state index contributed by atoms with van der Waals surface area (Å²) in [6, 6.07) is 0.303. The van der Waals surface area contributed by atoms with E-state index < -0.39 is 0 Å². The molecule has 1 atom stereocenters. The SMILES string of the molecule is C=CCN=C(NCC)NC1CCc2nc(COC)nn2C1.I. The second-order valence-corrected chi connectivity index (χ2v) is 4.95. The maximum atomic E-state index is 5.08.